The molecule has 2 aromatic rings. The minimum atomic E-state index is -3.52. The molecule has 6 nitrogen and oxygen atoms in total. The number of nitro groups is 1. The Balaban J connectivity index is 2.39. The van der Waals surface area contributed by atoms with Gasteiger partial charge in [-0.1, -0.05) is 0 Å². The Kier molecular flexibility index (Phi) is 4.72. The number of sulfone groups is 1. The van der Waals surface area contributed by atoms with Crippen molar-refractivity contribution in [3.63, 3.8) is 0 Å². The lowest BCUT2D eigenvalue weighted by Gasteiger charge is -2.08. The molecule has 2 rings (SSSR count). The van der Waals surface area contributed by atoms with Crippen LogP contribution < -0.4 is 4.74 Å². The average molecular weight is 339 g/mol. The highest BCUT2D eigenvalue weighted by Crippen LogP contribution is 2.33. The highest BCUT2D eigenvalue weighted by molar-refractivity contribution is 7.98. The number of rotatable bonds is 5. The van der Waals surface area contributed by atoms with Gasteiger partial charge in [0.1, 0.15) is 5.75 Å². The topological polar surface area (TPSA) is 86.5 Å². The summed E-state index contributed by atoms with van der Waals surface area (Å²) < 4.78 is 28.5. The van der Waals surface area contributed by atoms with E-state index in [4.69, 9.17) is 4.74 Å². The molecule has 0 N–H and O–H groups in total. The molecule has 0 aliphatic rings. The third-order valence-corrected chi connectivity index (χ3v) is 4.70. The fraction of sp³-hybridized carbons (Fsp3) is 0.143. The van der Waals surface area contributed by atoms with Gasteiger partial charge in [0.25, 0.3) is 0 Å². The van der Waals surface area contributed by atoms with Gasteiger partial charge < -0.3 is 4.74 Å². The first-order valence-corrected chi connectivity index (χ1v) is 9.23. The van der Waals surface area contributed by atoms with Gasteiger partial charge in [0, 0.05) is 17.2 Å². The van der Waals surface area contributed by atoms with E-state index in [0.717, 1.165) is 17.2 Å². The van der Waals surface area contributed by atoms with Crippen LogP contribution in [0.4, 0.5) is 5.69 Å². The number of benzene rings is 2. The Morgan fingerprint density at radius 3 is 2.27 bits per heavy atom. The fourth-order valence-electron chi connectivity index (χ4n) is 1.73. The van der Waals surface area contributed by atoms with Gasteiger partial charge in [-0.2, -0.15) is 0 Å². The van der Waals surface area contributed by atoms with E-state index in [-0.39, 0.29) is 10.6 Å². The third-order valence-electron chi connectivity index (χ3n) is 2.84. The first-order chi connectivity index (χ1) is 10.3. The predicted molar refractivity (Wildman–Crippen MR) is 84.5 cm³/mol. The summed E-state index contributed by atoms with van der Waals surface area (Å²) in [4.78, 5) is 11.4. The molecule has 0 aliphatic heterocycles. The second-order valence-electron chi connectivity index (χ2n) is 4.44. The summed E-state index contributed by atoms with van der Waals surface area (Å²) in [5.41, 5.74) is -0.392. The molecule has 0 saturated heterocycles. The largest absolute Gasteiger partial charge is 0.450 e. The van der Waals surface area contributed by atoms with Crippen LogP contribution in [0.1, 0.15) is 0 Å². The number of hydrogen-bond donors (Lipinski definition) is 0. The van der Waals surface area contributed by atoms with E-state index in [1.807, 2.05) is 18.4 Å². The highest BCUT2D eigenvalue weighted by atomic mass is 32.2. The SMILES string of the molecule is CSc1ccc(Oc2ccc(S(C)(=O)=O)cc2[N+](=O)[O-])cc1. The summed E-state index contributed by atoms with van der Waals surface area (Å²) in [7, 11) is -3.52. The first-order valence-electron chi connectivity index (χ1n) is 6.11. The van der Waals surface area contributed by atoms with Gasteiger partial charge in [-0.05, 0) is 42.7 Å². The Bertz CT molecular complexity index is 800. The van der Waals surface area contributed by atoms with Crippen LogP contribution in [0.2, 0.25) is 0 Å². The smallest absolute Gasteiger partial charge is 0.312 e. The van der Waals surface area contributed by atoms with Gasteiger partial charge in [-0.15, -0.1) is 11.8 Å². The zero-order valence-electron chi connectivity index (χ0n) is 11.8. The lowest BCUT2D eigenvalue weighted by molar-refractivity contribution is -0.385. The minimum Gasteiger partial charge on any atom is -0.450 e. The molecule has 0 aliphatic carbocycles. The van der Waals surface area contributed by atoms with Crippen LogP contribution in [0.25, 0.3) is 0 Å². The van der Waals surface area contributed by atoms with Crippen LogP contribution in [-0.2, 0) is 9.84 Å². The molecule has 0 fully saturated rings. The Hall–Kier alpha value is -2.06. The Labute approximate surface area is 132 Å². The third kappa shape index (κ3) is 3.77. The summed E-state index contributed by atoms with van der Waals surface area (Å²) in [6.07, 6.45) is 2.93. The van der Waals surface area contributed by atoms with Crippen LogP contribution in [0.5, 0.6) is 11.5 Å². The van der Waals surface area contributed by atoms with Gasteiger partial charge in [0.2, 0.25) is 5.75 Å². The maximum Gasteiger partial charge on any atom is 0.312 e. The van der Waals surface area contributed by atoms with E-state index in [0.29, 0.717) is 5.75 Å². The zero-order valence-corrected chi connectivity index (χ0v) is 13.5. The standard InChI is InChI=1S/C14H13NO5S2/c1-21-11-5-3-10(4-6-11)20-14-8-7-12(22(2,18)19)9-13(14)15(16)17/h3-9H,1-2H3. The normalized spacial score (nSPS) is 11.2. The monoisotopic (exact) mass is 339 g/mol. The maximum atomic E-state index is 11.5. The molecule has 0 heterocycles. The molecule has 0 amide bonds. The first kappa shape index (κ1) is 16.3. The quantitative estimate of drug-likeness (QED) is 0.471. The van der Waals surface area contributed by atoms with E-state index in [2.05, 4.69) is 0 Å². The van der Waals surface area contributed by atoms with E-state index >= 15 is 0 Å². The van der Waals surface area contributed by atoms with Crippen molar-refractivity contribution in [1.29, 1.82) is 0 Å². The Morgan fingerprint density at radius 2 is 1.77 bits per heavy atom. The average Bonchev–Trinajstić information content (AvgIpc) is 2.47. The van der Waals surface area contributed by atoms with Gasteiger partial charge in [0.05, 0.1) is 9.82 Å². The molecule has 0 unspecified atom stereocenters. The van der Waals surface area contributed by atoms with Crippen LogP contribution in [0.15, 0.2) is 52.3 Å². The summed E-state index contributed by atoms with van der Waals surface area (Å²) in [6.45, 7) is 0. The fourth-order valence-corrected chi connectivity index (χ4v) is 2.78. The van der Waals surface area contributed by atoms with Crippen LogP contribution in [0, 0.1) is 10.1 Å². The van der Waals surface area contributed by atoms with Crippen LogP contribution >= 0.6 is 11.8 Å². The van der Waals surface area contributed by atoms with Gasteiger partial charge >= 0.3 is 5.69 Å². The second-order valence-corrected chi connectivity index (χ2v) is 7.33. The summed E-state index contributed by atoms with van der Waals surface area (Å²) >= 11 is 1.57. The Morgan fingerprint density at radius 1 is 1.14 bits per heavy atom. The van der Waals surface area contributed by atoms with Gasteiger partial charge in [-0.3, -0.25) is 10.1 Å². The molecule has 0 atom stereocenters. The molecule has 0 spiro atoms. The number of hydrogen-bond acceptors (Lipinski definition) is 6. The van der Waals surface area contributed by atoms with Crippen molar-refractivity contribution in [2.75, 3.05) is 12.5 Å². The van der Waals surface area contributed by atoms with E-state index < -0.39 is 20.4 Å². The van der Waals surface area contributed by atoms with Gasteiger partial charge in [0.15, 0.2) is 9.84 Å². The zero-order chi connectivity index (χ0) is 16.3. The van der Waals surface area contributed by atoms with Crippen molar-refractivity contribution in [2.45, 2.75) is 9.79 Å². The molecule has 22 heavy (non-hydrogen) atoms. The molecule has 0 bridgehead atoms. The highest BCUT2D eigenvalue weighted by Gasteiger charge is 2.20. The summed E-state index contributed by atoms with van der Waals surface area (Å²) in [5.74, 6) is 0.433. The number of thioether (sulfide) groups is 1. The minimum absolute atomic E-state index is 0.00528. The van der Waals surface area contributed by atoms with Crippen molar-refractivity contribution >= 4 is 27.3 Å². The molecule has 116 valence electrons. The number of nitro benzene ring substituents is 1. The maximum absolute atomic E-state index is 11.5. The van der Waals surface area contributed by atoms with E-state index in [1.54, 1.807) is 23.9 Å². The number of ether oxygens (including phenoxy) is 1. The molecule has 8 heteroatoms. The molecule has 0 radical (unpaired) electrons. The molecule has 0 aromatic heterocycles. The van der Waals surface area contributed by atoms with Gasteiger partial charge in [-0.25, -0.2) is 8.42 Å². The number of nitrogens with zero attached hydrogens (tertiary/aromatic N) is 1. The van der Waals surface area contributed by atoms with E-state index in [1.165, 1.54) is 12.1 Å². The summed E-state index contributed by atoms with van der Waals surface area (Å²) in [5, 5.41) is 11.1. The van der Waals surface area contributed by atoms with Crippen molar-refractivity contribution in [2.24, 2.45) is 0 Å². The lowest BCUT2D eigenvalue weighted by atomic mass is 10.3. The van der Waals surface area contributed by atoms with Crippen LogP contribution in [-0.4, -0.2) is 25.9 Å². The van der Waals surface area contributed by atoms with E-state index in [9.17, 15) is 18.5 Å². The molecule has 0 saturated carbocycles. The van der Waals surface area contributed by atoms with Crippen molar-refractivity contribution in [3.8, 4) is 11.5 Å². The van der Waals surface area contributed by atoms with Crippen molar-refractivity contribution in [1.82, 2.24) is 0 Å². The predicted octanol–water partition coefficient (Wildman–Crippen LogP) is 3.51. The van der Waals surface area contributed by atoms with Crippen molar-refractivity contribution in [3.05, 3.63) is 52.6 Å². The molecule has 2 aromatic carbocycles. The van der Waals surface area contributed by atoms with Crippen molar-refractivity contribution < 1.29 is 18.1 Å². The van der Waals surface area contributed by atoms with Crippen LogP contribution in [0.3, 0.4) is 0 Å². The summed E-state index contributed by atoms with van der Waals surface area (Å²) in [6, 6.07) is 10.6. The molecular formula is C14H13NO5S2. The second kappa shape index (κ2) is 6.37. The lowest BCUT2D eigenvalue weighted by Crippen LogP contribution is -2.00. The molecular weight excluding hydrogens is 326 g/mol.